The first-order valence-corrected chi connectivity index (χ1v) is 10.6. The molecule has 9 heteroatoms. The lowest BCUT2D eigenvalue weighted by molar-refractivity contribution is -0.142. The van der Waals surface area contributed by atoms with Crippen LogP contribution >= 0.6 is 0 Å². The van der Waals surface area contributed by atoms with Gasteiger partial charge in [0.1, 0.15) is 6.54 Å². The van der Waals surface area contributed by atoms with Gasteiger partial charge in [0.2, 0.25) is 12.7 Å². The molecular formula is C24H25N3O6. The van der Waals surface area contributed by atoms with Crippen LogP contribution in [0.25, 0.3) is 0 Å². The first-order valence-electron chi connectivity index (χ1n) is 10.6. The molecule has 2 aromatic rings. The molecule has 2 aliphatic heterocycles. The number of nitrogens with one attached hydrogen (secondary N) is 2. The molecule has 0 aromatic heterocycles. The predicted octanol–water partition coefficient (Wildman–Crippen LogP) is 3.27. The van der Waals surface area contributed by atoms with E-state index in [1.54, 1.807) is 25.1 Å². The van der Waals surface area contributed by atoms with Gasteiger partial charge in [-0.3, -0.25) is 19.3 Å². The lowest BCUT2D eigenvalue weighted by Crippen LogP contribution is -2.37. The number of hydrogen-bond acceptors (Lipinski definition) is 7. The Morgan fingerprint density at radius 1 is 1.12 bits per heavy atom. The quantitative estimate of drug-likeness (QED) is 0.650. The van der Waals surface area contributed by atoms with Crippen molar-refractivity contribution in [3.8, 4) is 11.5 Å². The number of nitrogens with zero attached hydrogens (tertiary/aromatic N) is 1. The first kappa shape index (κ1) is 22.2. The third kappa shape index (κ3) is 4.92. The normalized spacial score (nSPS) is 14.1. The number of fused-ring (bicyclic) bond motifs is 2. The van der Waals surface area contributed by atoms with Gasteiger partial charge in [-0.25, -0.2) is 0 Å². The summed E-state index contributed by atoms with van der Waals surface area (Å²) in [5, 5.41) is 5.96. The van der Waals surface area contributed by atoms with Gasteiger partial charge < -0.3 is 24.8 Å². The molecule has 172 valence electrons. The van der Waals surface area contributed by atoms with E-state index in [9.17, 15) is 14.4 Å². The van der Waals surface area contributed by atoms with E-state index < -0.39 is 11.9 Å². The average Bonchev–Trinajstić information content (AvgIpc) is 3.18. The molecule has 9 nitrogen and oxygen atoms in total. The van der Waals surface area contributed by atoms with Gasteiger partial charge in [-0.05, 0) is 56.2 Å². The van der Waals surface area contributed by atoms with Gasteiger partial charge in [-0.2, -0.15) is 0 Å². The number of carbonyl (C=O) groups is 3. The van der Waals surface area contributed by atoms with E-state index in [1.807, 2.05) is 26.0 Å². The van der Waals surface area contributed by atoms with E-state index in [2.05, 4.69) is 10.6 Å². The van der Waals surface area contributed by atoms with Gasteiger partial charge in [0.15, 0.2) is 11.5 Å². The number of esters is 1. The van der Waals surface area contributed by atoms with Crippen molar-refractivity contribution in [1.29, 1.82) is 0 Å². The number of anilines is 3. The van der Waals surface area contributed by atoms with Crippen molar-refractivity contribution in [3.63, 3.8) is 0 Å². The fourth-order valence-corrected chi connectivity index (χ4v) is 3.62. The second-order valence-corrected chi connectivity index (χ2v) is 7.77. The second kappa shape index (κ2) is 9.23. The molecule has 2 amide bonds. The van der Waals surface area contributed by atoms with Crippen molar-refractivity contribution in [2.24, 2.45) is 0 Å². The minimum absolute atomic E-state index is 0.0802. The fourth-order valence-electron chi connectivity index (χ4n) is 3.62. The number of aryl methyl sites for hydroxylation is 2. The standard InChI is InChI=1S/C24H25N3O6/c1-4-31-24(30)11-17-10-23(29)27(19-8-15(3)14(2)7-18(19)25-17)12-22(28)26-16-5-6-20-21(9-16)33-13-32-20/h5-10,25H,4,11-13H2,1-3H3,(H,26,28). The maximum Gasteiger partial charge on any atom is 0.311 e. The van der Waals surface area contributed by atoms with Gasteiger partial charge in [0, 0.05) is 23.5 Å². The SMILES string of the molecule is CCOC(=O)CC1=CC(=O)N(CC(=O)Nc2ccc3c(c2)OCO3)c2cc(C)c(C)cc2N1. The molecular weight excluding hydrogens is 426 g/mol. The molecule has 0 radical (unpaired) electrons. The van der Waals surface area contributed by atoms with Crippen molar-refractivity contribution in [1.82, 2.24) is 0 Å². The molecule has 2 heterocycles. The van der Waals surface area contributed by atoms with Crippen LogP contribution in [0.1, 0.15) is 24.5 Å². The number of rotatable bonds is 6. The van der Waals surface area contributed by atoms with Crippen molar-refractivity contribution < 1.29 is 28.6 Å². The molecule has 33 heavy (non-hydrogen) atoms. The summed E-state index contributed by atoms with van der Waals surface area (Å²) in [5.74, 6) is -0.0756. The maximum absolute atomic E-state index is 13.1. The minimum Gasteiger partial charge on any atom is -0.466 e. The van der Waals surface area contributed by atoms with Crippen LogP contribution in [0, 0.1) is 13.8 Å². The van der Waals surface area contributed by atoms with E-state index in [-0.39, 0.29) is 32.3 Å². The van der Waals surface area contributed by atoms with E-state index in [0.29, 0.717) is 34.3 Å². The number of hydrogen-bond donors (Lipinski definition) is 2. The van der Waals surface area contributed by atoms with Crippen LogP contribution in [-0.4, -0.2) is 37.7 Å². The maximum atomic E-state index is 13.1. The second-order valence-electron chi connectivity index (χ2n) is 7.77. The Hall–Kier alpha value is -4.01. The van der Waals surface area contributed by atoms with Crippen LogP contribution < -0.4 is 25.0 Å². The summed E-state index contributed by atoms with van der Waals surface area (Å²) in [5.41, 5.74) is 4.11. The van der Waals surface area contributed by atoms with Gasteiger partial charge >= 0.3 is 5.97 Å². The fraction of sp³-hybridized carbons (Fsp3) is 0.292. The van der Waals surface area contributed by atoms with Crippen LogP contribution in [0.4, 0.5) is 17.1 Å². The Labute approximate surface area is 191 Å². The number of benzene rings is 2. The molecule has 0 saturated carbocycles. The summed E-state index contributed by atoms with van der Waals surface area (Å²) in [6.45, 7) is 5.78. The van der Waals surface area contributed by atoms with Crippen molar-refractivity contribution in [3.05, 3.63) is 53.2 Å². The highest BCUT2D eigenvalue weighted by atomic mass is 16.7. The Balaban J connectivity index is 1.58. The monoisotopic (exact) mass is 451 g/mol. The van der Waals surface area contributed by atoms with Crippen LogP contribution in [-0.2, 0) is 19.1 Å². The number of ether oxygens (including phenoxy) is 3. The highest BCUT2D eigenvalue weighted by Gasteiger charge is 2.26. The van der Waals surface area contributed by atoms with Crippen LogP contribution in [0.15, 0.2) is 42.1 Å². The summed E-state index contributed by atoms with van der Waals surface area (Å²) < 4.78 is 15.6. The highest BCUT2D eigenvalue weighted by molar-refractivity contribution is 6.10. The summed E-state index contributed by atoms with van der Waals surface area (Å²) in [6, 6.07) is 8.83. The van der Waals surface area contributed by atoms with Crippen molar-refractivity contribution in [2.45, 2.75) is 27.2 Å². The van der Waals surface area contributed by atoms with Crippen molar-refractivity contribution >= 4 is 34.8 Å². The third-order valence-corrected chi connectivity index (χ3v) is 5.36. The highest BCUT2D eigenvalue weighted by Crippen LogP contribution is 2.35. The summed E-state index contributed by atoms with van der Waals surface area (Å²) >= 11 is 0. The van der Waals surface area contributed by atoms with Crippen LogP contribution in [0.5, 0.6) is 11.5 Å². The van der Waals surface area contributed by atoms with Gasteiger partial charge in [0.05, 0.1) is 24.4 Å². The Morgan fingerprint density at radius 2 is 1.88 bits per heavy atom. The van der Waals surface area contributed by atoms with Gasteiger partial charge in [-0.15, -0.1) is 0 Å². The third-order valence-electron chi connectivity index (χ3n) is 5.36. The van der Waals surface area contributed by atoms with Crippen LogP contribution in [0.2, 0.25) is 0 Å². The Kier molecular flexibility index (Phi) is 6.21. The lowest BCUT2D eigenvalue weighted by atomic mass is 10.1. The minimum atomic E-state index is -0.441. The Morgan fingerprint density at radius 3 is 2.67 bits per heavy atom. The lowest BCUT2D eigenvalue weighted by Gasteiger charge is -2.23. The molecule has 0 saturated heterocycles. The first-order chi connectivity index (χ1) is 15.8. The van der Waals surface area contributed by atoms with E-state index in [0.717, 1.165) is 11.1 Å². The molecule has 0 spiro atoms. The number of amides is 2. The molecule has 2 aliphatic rings. The zero-order valence-electron chi connectivity index (χ0n) is 18.7. The largest absolute Gasteiger partial charge is 0.466 e. The summed E-state index contributed by atoms with van der Waals surface area (Å²) in [6.07, 6.45) is 1.25. The molecule has 0 bridgehead atoms. The predicted molar refractivity (Wildman–Crippen MR) is 122 cm³/mol. The topological polar surface area (TPSA) is 106 Å². The van der Waals surface area contributed by atoms with Gasteiger partial charge in [-0.1, -0.05) is 0 Å². The molecule has 0 fully saturated rings. The average molecular weight is 451 g/mol. The Bertz CT molecular complexity index is 1160. The van der Waals surface area contributed by atoms with Crippen LogP contribution in [0.3, 0.4) is 0 Å². The number of carbonyl (C=O) groups excluding carboxylic acids is 3. The van der Waals surface area contributed by atoms with E-state index in [4.69, 9.17) is 14.2 Å². The zero-order chi connectivity index (χ0) is 23.5. The zero-order valence-corrected chi connectivity index (χ0v) is 18.7. The van der Waals surface area contributed by atoms with Gasteiger partial charge in [0.25, 0.3) is 5.91 Å². The molecule has 0 atom stereocenters. The summed E-state index contributed by atoms with van der Waals surface area (Å²) in [7, 11) is 0. The van der Waals surface area contributed by atoms with Crippen molar-refractivity contribution in [2.75, 3.05) is 35.5 Å². The molecule has 4 rings (SSSR count). The smallest absolute Gasteiger partial charge is 0.311 e. The van der Waals surface area contributed by atoms with E-state index >= 15 is 0 Å². The molecule has 0 aliphatic carbocycles. The molecule has 2 N–H and O–H groups in total. The molecule has 2 aromatic carbocycles. The molecule has 0 unspecified atom stereocenters. The van der Waals surface area contributed by atoms with E-state index in [1.165, 1.54) is 11.0 Å². The summed E-state index contributed by atoms with van der Waals surface area (Å²) in [4.78, 5) is 39.3.